The van der Waals surface area contributed by atoms with Crippen LogP contribution in [0.1, 0.15) is 37.5 Å². The number of methoxy groups -OCH3 is 1. The van der Waals surface area contributed by atoms with Crippen LogP contribution in [0.4, 0.5) is 4.39 Å². The predicted octanol–water partition coefficient (Wildman–Crippen LogP) is 2.83. The second kappa shape index (κ2) is 7.02. The summed E-state index contributed by atoms with van der Waals surface area (Å²) in [5.41, 5.74) is 1.98. The van der Waals surface area contributed by atoms with Crippen molar-refractivity contribution < 1.29 is 19.0 Å². The molecule has 1 aromatic rings. The second-order valence-electron chi connectivity index (χ2n) is 5.11. The highest BCUT2D eigenvalue weighted by Gasteiger charge is 2.37. The molecule has 2 N–H and O–H groups in total. The van der Waals surface area contributed by atoms with Crippen LogP contribution < -0.4 is 10.1 Å². The molecule has 0 aliphatic carbocycles. The van der Waals surface area contributed by atoms with E-state index in [1.54, 1.807) is 7.11 Å². The van der Waals surface area contributed by atoms with Gasteiger partial charge in [0.05, 0.1) is 13.2 Å². The molecule has 0 spiro atoms. The Labute approximate surface area is 124 Å². The first-order valence-electron chi connectivity index (χ1n) is 7.16. The molecule has 4 nitrogen and oxygen atoms in total. The number of hydrogen-bond acceptors (Lipinski definition) is 4. The highest BCUT2D eigenvalue weighted by Crippen LogP contribution is 2.41. The van der Waals surface area contributed by atoms with Crippen LogP contribution in [-0.2, 0) is 11.3 Å². The number of allylic oxidation sites excluding steroid dienone is 1. The van der Waals surface area contributed by atoms with Gasteiger partial charge in [0.25, 0.3) is 0 Å². The lowest BCUT2D eigenvalue weighted by molar-refractivity contribution is 0.144. The van der Waals surface area contributed by atoms with Gasteiger partial charge in [-0.3, -0.25) is 5.32 Å². The zero-order valence-electron chi connectivity index (χ0n) is 12.6. The molecule has 2 rings (SSSR count). The second-order valence-corrected chi connectivity index (χ2v) is 5.11. The van der Waals surface area contributed by atoms with E-state index in [1.165, 1.54) is 6.08 Å². The first kappa shape index (κ1) is 15.9. The summed E-state index contributed by atoms with van der Waals surface area (Å²) >= 11 is 0. The van der Waals surface area contributed by atoms with Crippen molar-refractivity contribution in [2.45, 2.75) is 45.2 Å². The highest BCUT2D eigenvalue weighted by atomic mass is 19.1. The summed E-state index contributed by atoms with van der Waals surface area (Å²) < 4.78 is 24.2. The third-order valence-corrected chi connectivity index (χ3v) is 3.52. The maximum atomic E-state index is 13.5. The number of benzene rings is 1. The largest absolute Gasteiger partial charge is 0.497 e. The third-order valence-electron chi connectivity index (χ3n) is 3.52. The number of rotatable bonds is 7. The van der Waals surface area contributed by atoms with Gasteiger partial charge in [0.15, 0.2) is 6.23 Å². The van der Waals surface area contributed by atoms with Crippen LogP contribution in [0, 0.1) is 0 Å². The molecular formula is C16H22FNO3. The Morgan fingerprint density at radius 2 is 2.29 bits per heavy atom. The molecule has 0 amide bonds. The molecule has 1 saturated heterocycles. The van der Waals surface area contributed by atoms with E-state index in [2.05, 4.69) is 5.32 Å². The van der Waals surface area contributed by atoms with Crippen LogP contribution in [0.15, 0.2) is 30.1 Å². The maximum Gasteiger partial charge on any atom is 0.157 e. The molecule has 1 aliphatic heterocycles. The molecule has 0 radical (unpaired) electrons. The van der Waals surface area contributed by atoms with E-state index in [-0.39, 0.29) is 12.2 Å². The summed E-state index contributed by atoms with van der Waals surface area (Å²) in [5.74, 6) is 0.206. The van der Waals surface area contributed by atoms with Gasteiger partial charge in [-0.05, 0) is 42.7 Å². The number of aliphatic hydroxyl groups excluding tert-OH is 1. The predicted molar refractivity (Wildman–Crippen MR) is 78.6 cm³/mol. The van der Waals surface area contributed by atoms with E-state index in [0.29, 0.717) is 13.0 Å². The standard InChI is InChI=1S/C16H22FNO3/c1-4-5-14(17)16(19)18-9-11-6-7-12(20-3)8-13(11)15-10(2)21-15/h5-8,10,15-16,18-19H,4,9H2,1-3H3/b14-5+. The Bertz CT molecular complexity index is 518. The number of epoxide rings is 1. The van der Waals surface area contributed by atoms with Gasteiger partial charge in [0, 0.05) is 6.54 Å². The summed E-state index contributed by atoms with van der Waals surface area (Å²) in [4.78, 5) is 0. The monoisotopic (exact) mass is 295 g/mol. The normalized spacial score (nSPS) is 23.0. The molecule has 3 unspecified atom stereocenters. The van der Waals surface area contributed by atoms with Crippen molar-refractivity contribution in [3.8, 4) is 5.75 Å². The number of nitrogens with one attached hydrogen (secondary N) is 1. The van der Waals surface area contributed by atoms with Crippen molar-refractivity contribution in [2.24, 2.45) is 0 Å². The number of halogens is 1. The SMILES string of the molecule is CC/C=C(/F)C(O)NCc1ccc(OC)cc1C1OC1C. The molecule has 3 atom stereocenters. The summed E-state index contributed by atoms with van der Waals surface area (Å²) in [6, 6.07) is 5.68. The first-order valence-corrected chi connectivity index (χ1v) is 7.16. The lowest BCUT2D eigenvalue weighted by atomic mass is 10.0. The van der Waals surface area contributed by atoms with Gasteiger partial charge < -0.3 is 14.6 Å². The summed E-state index contributed by atoms with van der Waals surface area (Å²) in [6.45, 7) is 4.18. The molecule has 1 aromatic carbocycles. The van der Waals surface area contributed by atoms with E-state index >= 15 is 0 Å². The average molecular weight is 295 g/mol. The fourth-order valence-electron chi connectivity index (χ4n) is 2.25. The zero-order valence-corrected chi connectivity index (χ0v) is 12.6. The minimum absolute atomic E-state index is 0.0464. The van der Waals surface area contributed by atoms with Crippen molar-refractivity contribution >= 4 is 0 Å². The molecule has 1 aliphatic rings. The molecule has 1 heterocycles. The Kier molecular flexibility index (Phi) is 5.33. The molecule has 116 valence electrons. The molecule has 21 heavy (non-hydrogen) atoms. The van der Waals surface area contributed by atoms with Crippen LogP contribution in [0.25, 0.3) is 0 Å². The highest BCUT2D eigenvalue weighted by molar-refractivity contribution is 5.39. The fourth-order valence-corrected chi connectivity index (χ4v) is 2.25. The van der Waals surface area contributed by atoms with Crippen LogP contribution in [0.3, 0.4) is 0 Å². The molecular weight excluding hydrogens is 273 g/mol. The summed E-state index contributed by atoms with van der Waals surface area (Å²) in [7, 11) is 1.61. The van der Waals surface area contributed by atoms with Crippen molar-refractivity contribution in [1.29, 1.82) is 0 Å². The molecule has 0 saturated carbocycles. The van der Waals surface area contributed by atoms with E-state index in [4.69, 9.17) is 9.47 Å². The Morgan fingerprint density at radius 1 is 1.57 bits per heavy atom. The minimum Gasteiger partial charge on any atom is -0.497 e. The molecule has 5 heteroatoms. The van der Waals surface area contributed by atoms with Gasteiger partial charge in [-0.1, -0.05) is 13.0 Å². The van der Waals surface area contributed by atoms with Gasteiger partial charge >= 0.3 is 0 Å². The van der Waals surface area contributed by atoms with Gasteiger partial charge in [-0.2, -0.15) is 0 Å². The summed E-state index contributed by atoms with van der Waals surface area (Å²) in [5, 5.41) is 12.5. The number of ether oxygens (including phenoxy) is 2. The Hall–Kier alpha value is -1.43. The van der Waals surface area contributed by atoms with E-state index in [9.17, 15) is 9.50 Å². The molecule has 1 fully saturated rings. The smallest absolute Gasteiger partial charge is 0.157 e. The van der Waals surface area contributed by atoms with Crippen LogP contribution in [0.5, 0.6) is 5.75 Å². The van der Waals surface area contributed by atoms with E-state index in [1.807, 2.05) is 32.0 Å². The van der Waals surface area contributed by atoms with Crippen molar-refractivity contribution in [3.05, 3.63) is 41.2 Å². The number of aliphatic hydroxyl groups is 1. The van der Waals surface area contributed by atoms with Gasteiger partial charge in [-0.15, -0.1) is 0 Å². The maximum absolute atomic E-state index is 13.5. The molecule has 0 aromatic heterocycles. The Balaban J connectivity index is 2.07. The van der Waals surface area contributed by atoms with E-state index < -0.39 is 12.1 Å². The topological polar surface area (TPSA) is 54.0 Å². The molecule has 0 bridgehead atoms. The van der Waals surface area contributed by atoms with Crippen LogP contribution >= 0.6 is 0 Å². The van der Waals surface area contributed by atoms with Crippen molar-refractivity contribution in [2.75, 3.05) is 7.11 Å². The first-order chi connectivity index (χ1) is 10.1. The van der Waals surface area contributed by atoms with Crippen molar-refractivity contribution in [1.82, 2.24) is 5.32 Å². The quantitative estimate of drug-likeness (QED) is 0.600. The average Bonchev–Trinajstić information content (AvgIpc) is 3.21. The minimum atomic E-state index is -1.28. The van der Waals surface area contributed by atoms with Crippen LogP contribution in [-0.4, -0.2) is 24.5 Å². The number of hydrogen-bond donors (Lipinski definition) is 2. The van der Waals surface area contributed by atoms with Gasteiger partial charge in [-0.25, -0.2) is 4.39 Å². The lowest BCUT2D eigenvalue weighted by Crippen LogP contribution is -2.29. The Morgan fingerprint density at radius 3 is 2.86 bits per heavy atom. The fraction of sp³-hybridized carbons (Fsp3) is 0.500. The van der Waals surface area contributed by atoms with E-state index in [0.717, 1.165) is 16.9 Å². The van der Waals surface area contributed by atoms with Crippen molar-refractivity contribution in [3.63, 3.8) is 0 Å². The third kappa shape index (κ3) is 4.03. The lowest BCUT2D eigenvalue weighted by Gasteiger charge is -2.14. The summed E-state index contributed by atoms with van der Waals surface area (Å²) in [6.07, 6.45) is 0.852. The van der Waals surface area contributed by atoms with Gasteiger partial charge in [0.2, 0.25) is 0 Å². The van der Waals surface area contributed by atoms with Crippen LogP contribution in [0.2, 0.25) is 0 Å². The van der Waals surface area contributed by atoms with Gasteiger partial charge in [0.1, 0.15) is 17.7 Å². The zero-order chi connectivity index (χ0) is 15.4.